The molecular formula is C13H20N2O4. The number of hydrogen-bond acceptors (Lipinski definition) is 6. The predicted molar refractivity (Wildman–Crippen MR) is 68.3 cm³/mol. The minimum atomic E-state index is -0.874. The molecule has 6 nitrogen and oxygen atoms in total. The molecule has 1 aromatic heterocycles. The number of methoxy groups -OCH3 is 2. The van der Waals surface area contributed by atoms with Crippen molar-refractivity contribution in [2.45, 2.75) is 37.9 Å². The minimum Gasteiger partial charge on any atom is -0.480 e. The number of aromatic nitrogens is 2. The number of hydrogen-bond donors (Lipinski definition) is 1. The molecule has 0 amide bonds. The molecule has 0 spiro atoms. The zero-order chi connectivity index (χ0) is 13.9. The van der Waals surface area contributed by atoms with E-state index in [-0.39, 0.29) is 5.88 Å². The van der Waals surface area contributed by atoms with Crippen molar-refractivity contribution in [1.29, 1.82) is 0 Å². The van der Waals surface area contributed by atoms with Crippen molar-refractivity contribution in [3.63, 3.8) is 0 Å². The van der Waals surface area contributed by atoms with Crippen molar-refractivity contribution in [1.82, 2.24) is 9.97 Å². The molecule has 1 aliphatic rings. The molecule has 1 fully saturated rings. The molecule has 0 bridgehead atoms. The molecule has 2 unspecified atom stereocenters. The van der Waals surface area contributed by atoms with Crippen molar-refractivity contribution >= 4 is 0 Å². The number of ether oxygens (including phenoxy) is 3. The molecule has 0 aliphatic carbocycles. The molecule has 0 aromatic carbocycles. The van der Waals surface area contributed by atoms with Gasteiger partial charge in [-0.25, -0.2) is 4.98 Å². The smallest absolute Gasteiger partial charge is 0.241 e. The Morgan fingerprint density at radius 3 is 2.74 bits per heavy atom. The number of aliphatic hydroxyl groups is 1. The van der Waals surface area contributed by atoms with E-state index < -0.39 is 11.7 Å². The van der Waals surface area contributed by atoms with Gasteiger partial charge in [-0.1, -0.05) is 0 Å². The first-order valence-corrected chi connectivity index (χ1v) is 6.37. The first-order valence-electron chi connectivity index (χ1n) is 6.37. The third kappa shape index (κ3) is 2.79. The lowest BCUT2D eigenvalue weighted by atomic mass is 9.88. The summed E-state index contributed by atoms with van der Waals surface area (Å²) in [4.78, 5) is 8.33. The van der Waals surface area contributed by atoms with Gasteiger partial charge in [0.25, 0.3) is 0 Å². The van der Waals surface area contributed by atoms with Crippen LogP contribution in [-0.4, -0.2) is 41.5 Å². The summed E-state index contributed by atoms with van der Waals surface area (Å²) in [5.74, 6) is 0.616. The van der Waals surface area contributed by atoms with Crippen LogP contribution in [0.15, 0.2) is 6.20 Å². The molecule has 2 atom stereocenters. The van der Waals surface area contributed by atoms with Crippen LogP contribution in [0.1, 0.15) is 38.0 Å². The summed E-state index contributed by atoms with van der Waals surface area (Å²) in [6, 6.07) is 0. The third-order valence-corrected chi connectivity index (χ3v) is 3.48. The first kappa shape index (κ1) is 14.0. The molecule has 1 aliphatic heterocycles. The van der Waals surface area contributed by atoms with Crippen molar-refractivity contribution in [2.24, 2.45) is 0 Å². The average Bonchev–Trinajstić information content (AvgIpc) is 2.46. The van der Waals surface area contributed by atoms with Gasteiger partial charge in [0, 0.05) is 6.61 Å². The Morgan fingerprint density at radius 1 is 1.37 bits per heavy atom. The molecule has 1 aromatic rings. The molecule has 106 valence electrons. The number of rotatable bonds is 4. The summed E-state index contributed by atoms with van der Waals surface area (Å²) in [6.07, 6.45) is 3.42. The van der Waals surface area contributed by atoms with Crippen LogP contribution in [0.2, 0.25) is 0 Å². The van der Waals surface area contributed by atoms with Gasteiger partial charge in [0.05, 0.1) is 26.0 Å². The number of aliphatic hydroxyl groups excluding tert-OH is 1. The van der Waals surface area contributed by atoms with Gasteiger partial charge in [-0.05, 0) is 26.2 Å². The Bertz CT molecular complexity index is 433. The maximum atomic E-state index is 10.5. The molecular weight excluding hydrogens is 248 g/mol. The molecule has 2 heterocycles. The normalized spacial score (nSPS) is 24.8. The van der Waals surface area contributed by atoms with E-state index in [1.807, 2.05) is 6.92 Å². The van der Waals surface area contributed by atoms with Crippen LogP contribution in [0.3, 0.4) is 0 Å². The lowest BCUT2D eigenvalue weighted by molar-refractivity contribution is -0.140. The molecule has 1 N–H and O–H groups in total. The van der Waals surface area contributed by atoms with Gasteiger partial charge in [0.15, 0.2) is 0 Å². The zero-order valence-corrected chi connectivity index (χ0v) is 11.5. The van der Waals surface area contributed by atoms with E-state index in [1.165, 1.54) is 20.4 Å². The first-order chi connectivity index (χ1) is 9.10. The molecule has 19 heavy (non-hydrogen) atoms. The Kier molecular flexibility index (Phi) is 4.21. The SMILES string of the molecule is COc1cnc(C(O)C2(C)CCCCO2)c(OC)n1. The predicted octanol–water partition coefficient (Wildman–Crippen LogP) is 1.49. The lowest BCUT2D eigenvalue weighted by Gasteiger charge is -2.37. The van der Waals surface area contributed by atoms with E-state index in [0.29, 0.717) is 18.2 Å². The fraction of sp³-hybridized carbons (Fsp3) is 0.692. The molecule has 0 saturated carbocycles. The van der Waals surface area contributed by atoms with E-state index in [1.54, 1.807) is 0 Å². The molecule has 6 heteroatoms. The van der Waals surface area contributed by atoms with E-state index in [2.05, 4.69) is 9.97 Å². The standard InChI is InChI=1S/C13H20N2O4/c1-13(6-4-5-7-19-13)11(16)10-12(18-3)15-9(17-2)8-14-10/h8,11,16H,4-7H2,1-3H3. The second-order valence-electron chi connectivity index (χ2n) is 4.83. The van der Waals surface area contributed by atoms with Crippen molar-refractivity contribution in [2.75, 3.05) is 20.8 Å². The van der Waals surface area contributed by atoms with E-state index >= 15 is 0 Å². The summed E-state index contributed by atoms with van der Waals surface area (Å²) in [6.45, 7) is 2.54. The third-order valence-electron chi connectivity index (χ3n) is 3.48. The highest BCUT2D eigenvalue weighted by atomic mass is 16.5. The quantitative estimate of drug-likeness (QED) is 0.891. The van der Waals surface area contributed by atoms with E-state index in [4.69, 9.17) is 14.2 Å². The summed E-state index contributed by atoms with van der Waals surface area (Å²) in [7, 11) is 2.99. The van der Waals surface area contributed by atoms with Gasteiger partial charge in [-0.15, -0.1) is 0 Å². The fourth-order valence-corrected chi connectivity index (χ4v) is 2.26. The minimum absolute atomic E-state index is 0.266. The zero-order valence-electron chi connectivity index (χ0n) is 11.5. The van der Waals surface area contributed by atoms with Crippen molar-refractivity contribution in [3.8, 4) is 11.8 Å². The molecule has 0 radical (unpaired) electrons. The second kappa shape index (κ2) is 5.71. The van der Waals surface area contributed by atoms with Gasteiger partial charge in [-0.3, -0.25) is 0 Å². The van der Waals surface area contributed by atoms with Crippen LogP contribution >= 0.6 is 0 Å². The Balaban J connectivity index is 2.29. The van der Waals surface area contributed by atoms with Crippen LogP contribution in [0.4, 0.5) is 0 Å². The van der Waals surface area contributed by atoms with Crippen LogP contribution in [0.5, 0.6) is 11.8 Å². The maximum absolute atomic E-state index is 10.5. The monoisotopic (exact) mass is 268 g/mol. The van der Waals surface area contributed by atoms with Crippen LogP contribution in [0, 0.1) is 0 Å². The van der Waals surface area contributed by atoms with E-state index in [9.17, 15) is 5.11 Å². The van der Waals surface area contributed by atoms with Gasteiger partial charge in [0.1, 0.15) is 11.8 Å². The summed E-state index contributed by atoms with van der Waals surface area (Å²) < 4.78 is 15.9. The highest BCUT2D eigenvalue weighted by Crippen LogP contribution is 2.38. The lowest BCUT2D eigenvalue weighted by Crippen LogP contribution is -2.39. The van der Waals surface area contributed by atoms with Gasteiger partial charge in [-0.2, -0.15) is 4.98 Å². The topological polar surface area (TPSA) is 73.7 Å². The average molecular weight is 268 g/mol. The van der Waals surface area contributed by atoms with Gasteiger partial charge < -0.3 is 19.3 Å². The number of nitrogens with zero attached hydrogens (tertiary/aromatic N) is 2. The van der Waals surface area contributed by atoms with Crippen molar-refractivity contribution in [3.05, 3.63) is 11.9 Å². The summed E-state index contributed by atoms with van der Waals surface area (Å²) in [5.41, 5.74) is -0.262. The fourth-order valence-electron chi connectivity index (χ4n) is 2.26. The molecule has 1 saturated heterocycles. The van der Waals surface area contributed by atoms with Gasteiger partial charge in [0.2, 0.25) is 11.8 Å². The van der Waals surface area contributed by atoms with Crippen molar-refractivity contribution < 1.29 is 19.3 Å². The largest absolute Gasteiger partial charge is 0.480 e. The van der Waals surface area contributed by atoms with Gasteiger partial charge >= 0.3 is 0 Å². The van der Waals surface area contributed by atoms with E-state index in [0.717, 1.165) is 19.3 Å². The highest BCUT2D eigenvalue weighted by Gasteiger charge is 2.39. The summed E-state index contributed by atoms with van der Waals surface area (Å²) in [5, 5.41) is 10.5. The second-order valence-corrected chi connectivity index (χ2v) is 4.83. The highest BCUT2D eigenvalue weighted by molar-refractivity contribution is 5.26. The maximum Gasteiger partial charge on any atom is 0.241 e. The Hall–Kier alpha value is -1.40. The van der Waals surface area contributed by atoms with Crippen LogP contribution in [-0.2, 0) is 4.74 Å². The Morgan fingerprint density at radius 2 is 2.16 bits per heavy atom. The van der Waals surface area contributed by atoms with Crippen LogP contribution < -0.4 is 9.47 Å². The van der Waals surface area contributed by atoms with Crippen LogP contribution in [0.25, 0.3) is 0 Å². The molecule has 2 rings (SSSR count). The summed E-state index contributed by atoms with van der Waals surface area (Å²) >= 11 is 0. The Labute approximate surface area is 112 Å².